The van der Waals surface area contributed by atoms with Gasteiger partial charge in [0.15, 0.2) is 0 Å². The van der Waals surface area contributed by atoms with Gasteiger partial charge < -0.3 is 9.80 Å². The predicted molar refractivity (Wildman–Crippen MR) is 78.4 cm³/mol. The maximum absolute atomic E-state index is 12.5. The van der Waals surface area contributed by atoms with E-state index in [0.29, 0.717) is 31.1 Å². The lowest BCUT2D eigenvalue weighted by Gasteiger charge is -2.43. The first-order chi connectivity index (χ1) is 9.50. The van der Waals surface area contributed by atoms with Crippen molar-refractivity contribution in [1.29, 1.82) is 0 Å². The molecule has 1 unspecified atom stereocenters. The highest BCUT2D eigenvalue weighted by molar-refractivity contribution is 5.94. The number of piperazine rings is 1. The van der Waals surface area contributed by atoms with Crippen LogP contribution in [0.25, 0.3) is 0 Å². The standard InChI is InChI=1S/C16H22N2O2/c1-12(2)15-11-17(9-10-18(15)13(3)19)16(20)14-7-5-4-6-8-14/h4-8,12,15H,9-11H2,1-3H3. The van der Waals surface area contributed by atoms with E-state index in [1.165, 1.54) is 0 Å². The lowest BCUT2D eigenvalue weighted by Crippen LogP contribution is -2.57. The number of benzene rings is 1. The number of hydrogen-bond acceptors (Lipinski definition) is 2. The van der Waals surface area contributed by atoms with Crippen molar-refractivity contribution in [2.75, 3.05) is 19.6 Å². The van der Waals surface area contributed by atoms with Crippen molar-refractivity contribution in [2.24, 2.45) is 5.92 Å². The third-order valence-electron chi connectivity index (χ3n) is 3.90. The number of hydrogen-bond donors (Lipinski definition) is 0. The molecule has 4 heteroatoms. The second-order valence-corrected chi connectivity index (χ2v) is 5.64. The zero-order chi connectivity index (χ0) is 14.7. The van der Waals surface area contributed by atoms with Crippen molar-refractivity contribution < 1.29 is 9.59 Å². The molecule has 1 aliphatic heterocycles. The van der Waals surface area contributed by atoms with Gasteiger partial charge in [0.05, 0.1) is 6.04 Å². The Labute approximate surface area is 120 Å². The molecule has 0 N–H and O–H groups in total. The van der Waals surface area contributed by atoms with Crippen LogP contribution in [0.4, 0.5) is 0 Å². The quantitative estimate of drug-likeness (QED) is 0.828. The van der Waals surface area contributed by atoms with Crippen LogP contribution in [0.3, 0.4) is 0 Å². The van der Waals surface area contributed by atoms with Crippen molar-refractivity contribution in [3.05, 3.63) is 35.9 Å². The third-order valence-corrected chi connectivity index (χ3v) is 3.90. The van der Waals surface area contributed by atoms with Crippen molar-refractivity contribution >= 4 is 11.8 Å². The van der Waals surface area contributed by atoms with Gasteiger partial charge in [-0.3, -0.25) is 9.59 Å². The van der Waals surface area contributed by atoms with E-state index in [1.807, 2.05) is 40.1 Å². The highest BCUT2D eigenvalue weighted by Gasteiger charge is 2.32. The first kappa shape index (κ1) is 14.6. The van der Waals surface area contributed by atoms with Crippen LogP contribution in [0.1, 0.15) is 31.1 Å². The lowest BCUT2D eigenvalue weighted by molar-refractivity contribution is -0.134. The number of rotatable bonds is 2. The Bertz CT molecular complexity index is 485. The Balaban J connectivity index is 2.12. The first-order valence-corrected chi connectivity index (χ1v) is 7.12. The molecule has 0 saturated carbocycles. The number of nitrogens with zero attached hydrogens (tertiary/aromatic N) is 2. The summed E-state index contributed by atoms with van der Waals surface area (Å²) in [6.45, 7) is 7.64. The van der Waals surface area contributed by atoms with Gasteiger partial charge >= 0.3 is 0 Å². The normalized spacial score (nSPS) is 19.3. The minimum Gasteiger partial charge on any atom is -0.336 e. The van der Waals surface area contributed by atoms with Crippen LogP contribution in [0.2, 0.25) is 0 Å². The summed E-state index contributed by atoms with van der Waals surface area (Å²) in [5.41, 5.74) is 0.714. The lowest BCUT2D eigenvalue weighted by atomic mass is 9.99. The first-order valence-electron chi connectivity index (χ1n) is 7.12. The monoisotopic (exact) mass is 274 g/mol. The van der Waals surface area contributed by atoms with E-state index in [9.17, 15) is 9.59 Å². The molecule has 2 amide bonds. The fourth-order valence-corrected chi connectivity index (χ4v) is 2.72. The molecular formula is C16H22N2O2. The highest BCUT2D eigenvalue weighted by atomic mass is 16.2. The predicted octanol–water partition coefficient (Wildman–Crippen LogP) is 2.02. The average molecular weight is 274 g/mol. The largest absolute Gasteiger partial charge is 0.336 e. The SMILES string of the molecule is CC(=O)N1CCN(C(=O)c2ccccc2)CC1C(C)C. The Morgan fingerprint density at radius 1 is 1.15 bits per heavy atom. The Morgan fingerprint density at radius 2 is 1.80 bits per heavy atom. The van der Waals surface area contributed by atoms with Gasteiger partial charge in [0.2, 0.25) is 5.91 Å². The molecule has 1 atom stereocenters. The van der Waals surface area contributed by atoms with Gasteiger partial charge in [0.25, 0.3) is 5.91 Å². The molecule has 1 saturated heterocycles. The third kappa shape index (κ3) is 3.00. The molecule has 0 aliphatic carbocycles. The van der Waals surface area contributed by atoms with Crippen LogP contribution < -0.4 is 0 Å². The Hall–Kier alpha value is -1.84. The molecule has 4 nitrogen and oxygen atoms in total. The molecule has 0 spiro atoms. The molecule has 0 bridgehead atoms. The zero-order valence-electron chi connectivity index (χ0n) is 12.4. The molecule has 1 aromatic rings. The van der Waals surface area contributed by atoms with E-state index in [1.54, 1.807) is 6.92 Å². The van der Waals surface area contributed by atoms with E-state index >= 15 is 0 Å². The van der Waals surface area contributed by atoms with Crippen molar-refractivity contribution in [3.8, 4) is 0 Å². The van der Waals surface area contributed by atoms with Gasteiger partial charge in [-0.2, -0.15) is 0 Å². The molecular weight excluding hydrogens is 252 g/mol. The summed E-state index contributed by atoms with van der Waals surface area (Å²) in [4.78, 5) is 27.9. The van der Waals surface area contributed by atoms with Crippen LogP contribution in [-0.4, -0.2) is 47.3 Å². The summed E-state index contributed by atoms with van der Waals surface area (Å²) in [6, 6.07) is 9.43. The van der Waals surface area contributed by atoms with Gasteiger partial charge in [-0.15, -0.1) is 0 Å². The molecule has 1 heterocycles. The molecule has 1 aromatic carbocycles. The van der Waals surface area contributed by atoms with Crippen molar-refractivity contribution in [3.63, 3.8) is 0 Å². The van der Waals surface area contributed by atoms with Crippen molar-refractivity contribution in [2.45, 2.75) is 26.8 Å². The molecule has 20 heavy (non-hydrogen) atoms. The van der Waals surface area contributed by atoms with Crippen LogP contribution >= 0.6 is 0 Å². The van der Waals surface area contributed by atoms with E-state index in [2.05, 4.69) is 13.8 Å². The number of carbonyl (C=O) groups excluding carboxylic acids is 2. The summed E-state index contributed by atoms with van der Waals surface area (Å²) < 4.78 is 0. The van der Waals surface area contributed by atoms with Crippen LogP contribution in [0.15, 0.2) is 30.3 Å². The maximum Gasteiger partial charge on any atom is 0.253 e. The second kappa shape index (κ2) is 6.07. The van der Waals surface area contributed by atoms with E-state index in [-0.39, 0.29) is 17.9 Å². The topological polar surface area (TPSA) is 40.6 Å². The molecule has 108 valence electrons. The highest BCUT2D eigenvalue weighted by Crippen LogP contribution is 2.19. The molecule has 1 fully saturated rings. The minimum absolute atomic E-state index is 0.0550. The fraction of sp³-hybridized carbons (Fsp3) is 0.500. The Morgan fingerprint density at radius 3 is 2.35 bits per heavy atom. The van der Waals surface area contributed by atoms with Crippen LogP contribution in [0, 0.1) is 5.92 Å². The van der Waals surface area contributed by atoms with Gasteiger partial charge in [-0.25, -0.2) is 0 Å². The summed E-state index contributed by atoms with van der Waals surface area (Å²) >= 11 is 0. The van der Waals surface area contributed by atoms with Gasteiger partial charge in [-0.05, 0) is 18.1 Å². The molecule has 2 rings (SSSR count). The van der Waals surface area contributed by atoms with E-state index < -0.39 is 0 Å². The zero-order valence-corrected chi connectivity index (χ0v) is 12.4. The Kier molecular flexibility index (Phi) is 4.42. The van der Waals surface area contributed by atoms with E-state index in [0.717, 1.165) is 0 Å². The van der Waals surface area contributed by atoms with Gasteiger partial charge in [0, 0.05) is 32.1 Å². The summed E-state index contributed by atoms with van der Waals surface area (Å²) in [7, 11) is 0. The minimum atomic E-state index is 0.0550. The fourth-order valence-electron chi connectivity index (χ4n) is 2.72. The summed E-state index contributed by atoms with van der Waals surface area (Å²) in [5.74, 6) is 0.486. The molecule has 0 aromatic heterocycles. The van der Waals surface area contributed by atoms with Crippen LogP contribution in [-0.2, 0) is 4.79 Å². The molecule has 1 aliphatic rings. The van der Waals surface area contributed by atoms with Crippen molar-refractivity contribution in [1.82, 2.24) is 9.80 Å². The smallest absolute Gasteiger partial charge is 0.253 e. The summed E-state index contributed by atoms with van der Waals surface area (Å²) in [6.07, 6.45) is 0. The number of carbonyl (C=O) groups is 2. The summed E-state index contributed by atoms with van der Waals surface area (Å²) in [5, 5.41) is 0. The second-order valence-electron chi connectivity index (χ2n) is 5.64. The van der Waals surface area contributed by atoms with Crippen LogP contribution in [0.5, 0.6) is 0 Å². The maximum atomic E-state index is 12.5. The van der Waals surface area contributed by atoms with Gasteiger partial charge in [0.1, 0.15) is 0 Å². The average Bonchev–Trinajstić information content (AvgIpc) is 2.46. The van der Waals surface area contributed by atoms with Gasteiger partial charge in [-0.1, -0.05) is 32.0 Å². The number of amides is 2. The molecule has 0 radical (unpaired) electrons. The van der Waals surface area contributed by atoms with E-state index in [4.69, 9.17) is 0 Å².